The molecule has 2 N–H and O–H groups in total. The van der Waals surface area contributed by atoms with E-state index in [0.29, 0.717) is 0 Å². The Hall–Kier alpha value is -0.840. The molecule has 2 aliphatic rings. The van der Waals surface area contributed by atoms with Crippen molar-refractivity contribution in [2.75, 3.05) is 13.1 Å². The number of halogens is 2. The number of hydrogen-bond acceptors (Lipinski definition) is 3. The van der Waals surface area contributed by atoms with Gasteiger partial charge >= 0.3 is 0 Å². The van der Waals surface area contributed by atoms with E-state index >= 15 is 0 Å². The van der Waals surface area contributed by atoms with Crippen molar-refractivity contribution >= 4 is 30.7 Å². The molecule has 6 heteroatoms. The van der Waals surface area contributed by atoms with Gasteiger partial charge < -0.3 is 10.6 Å². The molecule has 19 heavy (non-hydrogen) atoms. The van der Waals surface area contributed by atoms with Crippen LogP contribution in [-0.4, -0.2) is 29.5 Å². The van der Waals surface area contributed by atoms with Gasteiger partial charge in [0, 0.05) is 17.9 Å². The molecule has 2 fully saturated rings. The van der Waals surface area contributed by atoms with Crippen molar-refractivity contribution < 1.29 is 4.79 Å². The Morgan fingerprint density at radius 1 is 1.26 bits per heavy atom. The number of carbonyl (C=O) groups excluding carboxylic acids is 1. The van der Waals surface area contributed by atoms with E-state index in [0.717, 1.165) is 37.9 Å². The van der Waals surface area contributed by atoms with E-state index in [-0.39, 0.29) is 42.2 Å². The van der Waals surface area contributed by atoms with Gasteiger partial charge in [-0.25, -0.2) is 0 Å². The summed E-state index contributed by atoms with van der Waals surface area (Å²) in [5.74, 6) is 0.154. The standard InChI is InChI=1S/C13H17N3O.2ClH/c17-12-11(10-2-1-5-15-9-10)8-13(16-12)3-6-14-7-4-13;;/h1-2,5,9,11,14H,3-4,6-8H2,(H,16,17);2*1H. The van der Waals surface area contributed by atoms with Gasteiger partial charge in [0.1, 0.15) is 0 Å². The zero-order chi connectivity index (χ0) is 11.7. The molecular formula is C13H19Cl2N3O. The van der Waals surface area contributed by atoms with Gasteiger partial charge in [0.15, 0.2) is 0 Å². The Labute approximate surface area is 125 Å². The second-order valence-corrected chi connectivity index (χ2v) is 5.06. The molecule has 0 aromatic carbocycles. The lowest BCUT2D eigenvalue weighted by molar-refractivity contribution is -0.121. The molecule has 3 heterocycles. The van der Waals surface area contributed by atoms with Crippen LogP contribution in [0, 0.1) is 0 Å². The first-order valence-corrected chi connectivity index (χ1v) is 6.22. The number of aromatic nitrogens is 1. The van der Waals surface area contributed by atoms with Gasteiger partial charge in [-0.1, -0.05) is 6.07 Å². The van der Waals surface area contributed by atoms with E-state index in [9.17, 15) is 4.79 Å². The number of nitrogens with one attached hydrogen (secondary N) is 2. The van der Waals surface area contributed by atoms with E-state index in [2.05, 4.69) is 15.6 Å². The van der Waals surface area contributed by atoms with Crippen LogP contribution in [0.4, 0.5) is 0 Å². The third-order valence-electron chi connectivity index (χ3n) is 3.95. The lowest BCUT2D eigenvalue weighted by Crippen LogP contribution is -2.49. The molecule has 2 saturated heterocycles. The molecule has 0 aliphatic carbocycles. The smallest absolute Gasteiger partial charge is 0.228 e. The topological polar surface area (TPSA) is 54.0 Å². The summed E-state index contributed by atoms with van der Waals surface area (Å²) in [6.07, 6.45) is 6.55. The molecule has 1 atom stereocenters. The highest BCUT2D eigenvalue weighted by atomic mass is 35.5. The number of piperidine rings is 1. The number of carbonyl (C=O) groups is 1. The molecule has 2 aliphatic heterocycles. The van der Waals surface area contributed by atoms with Crippen molar-refractivity contribution in [3.05, 3.63) is 30.1 Å². The van der Waals surface area contributed by atoms with E-state index < -0.39 is 0 Å². The summed E-state index contributed by atoms with van der Waals surface area (Å²) in [5, 5.41) is 6.55. The molecule has 1 aromatic rings. The zero-order valence-electron chi connectivity index (χ0n) is 10.6. The number of hydrogen-bond donors (Lipinski definition) is 2. The molecule has 106 valence electrons. The van der Waals surface area contributed by atoms with Crippen LogP contribution in [-0.2, 0) is 4.79 Å². The van der Waals surface area contributed by atoms with Gasteiger partial charge in [0.2, 0.25) is 5.91 Å². The Morgan fingerprint density at radius 2 is 2.00 bits per heavy atom. The third kappa shape index (κ3) is 3.19. The summed E-state index contributed by atoms with van der Waals surface area (Å²) in [4.78, 5) is 16.2. The van der Waals surface area contributed by atoms with Crippen LogP contribution in [0.3, 0.4) is 0 Å². The average Bonchev–Trinajstić information content (AvgIpc) is 2.68. The third-order valence-corrected chi connectivity index (χ3v) is 3.95. The van der Waals surface area contributed by atoms with Crippen molar-refractivity contribution in [3.8, 4) is 0 Å². The lowest BCUT2D eigenvalue weighted by Gasteiger charge is -2.33. The Kier molecular flexibility index (Phi) is 5.59. The number of pyridine rings is 1. The fourth-order valence-electron chi connectivity index (χ4n) is 2.97. The summed E-state index contributed by atoms with van der Waals surface area (Å²) in [5.41, 5.74) is 1.07. The molecule has 0 bridgehead atoms. The minimum atomic E-state index is -0.0122. The first kappa shape index (κ1) is 16.2. The van der Waals surface area contributed by atoms with Crippen LogP contribution < -0.4 is 10.6 Å². The SMILES string of the molecule is Cl.Cl.O=C1NC2(CCNCC2)CC1c1cccnc1. The highest BCUT2D eigenvalue weighted by Crippen LogP contribution is 2.37. The predicted octanol–water partition coefficient (Wildman–Crippen LogP) is 1.65. The highest BCUT2D eigenvalue weighted by molar-refractivity contribution is 5.87. The van der Waals surface area contributed by atoms with Crippen molar-refractivity contribution in [2.24, 2.45) is 0 Å². The Bertz CT molecular complexity index is 421. The zero-order valence-corrected chi connectivity index (χ0v) is 12.2. The monoisotopic (exact) mass is 303 g/mol. The molecule has 0 saturated carbocycles. The van der Waals surface area contributed by atoms with Crippen molar-refractivity contribution in [1.29, 1.82) is 0 Å². The van der Waals surface area contributed by atoms with Crippen LogP contribution in [0.15, 0.2) is 24.5 Å². The molecule has 1 spiro atoms. The maximum atomic E-state index is 12.1. The second-order valence-electron chi connectivity index (χ2n) is 5.06. The van der Waals surface area contributed by atoms with Crippen LogP contribution in [0.2, 0.25) is 0 Å². The lowest BCUT2D eigenvalue weighted by atomic mass is 9.83. The molecule has 1 unspecified atom stereocenters. The second kappa shape index (κ2) is 6.55. The van der Waals surface area contributed by atoms with Crippen molar-refractivity contribution in [2.45, 2.75) is 30.7 Å². The number of rotatable bonds is 1. The van der Waals surface area contributed by atoms with E-state index in [1.807, 2.05) is 18.3 Å². The molecular weight excluding hydrogens is 285 g/mol. The predicted molar refractivity (Wildman–Crippen MR) is 79.1 cm³/mol. The molecule has 0 radical (unpaired) electrons. The largest absolute Gasteiger partial charge is 0.350 e. The van der Waals surface area contributed by atoms with Gasteiger partial charge in [-0.3, -0.25) is 9.78 Å². The van der Waals surface area contributed by atoms with Gasteiger partial charge in [-0.15, -0.1) is 24.8 Å². The summed E-state index contributed by atoms with van der Waals surface area (Å²) in [7, 11) is 0. The number of amides is 1. The fourth-order valence-corrected chi connectivity index (χ4v) is 2.97. The van der Waals surface area contributed by atoms with Crippen LogP contribution >= 0.6 is 24.8 Å². The van der Waals surface area contributed by atoms with Crippen LogP contribution in [0.5, 0.6) is 0 Å². The fraction of sp³-hybridized carbons (Fsp3) is 0.538. The van der Waals surface area contributed by atoms with E-state index in [4.69, 9.17) is 0 Å². The molecule has 4 nitrogen and oxygen atoms in total. The minimum Gasteiger partial charge on any atom is -0.350 e. The summed E-state index contributed by atoms with van der Waals surface area (Å²) in [6, 6.07) is 3.90. The number of nitrogens with zero attached hydrogens (tertiary/aromatic N) is 1. The minimum absolute atomic E-state index is 0. The maximum Gasteiger partial charge on any atom is 0.228 e. The van der Waals surface area contributed by atoms with E-state index in [1.54, 1.807) is 6.20 Å². The summed E-state index contributed by atoms with van der Waals surface area (Å²) < 4.78 is 0. The Balaban J connectivity index is 0.000000902. The normalized spacial score (nSPS) is 24.2. The quantitative estimate of drug-likeness (QED) is 0.829. The summed E-state index contributed by atoms with van der Waals surface area (Å²) >= 11 is 0. The van der Waals surface area contributed by atoms with Gasteiger partial charge in [0.05, 0.1) is 5.92 Å². The van der Waals surface area contributed by atoms with Crippen LogP contribution in [0.1, 0.15) is 30.7 Å². The van der Waals surface area contributed by atoms with Crippen LogP contribution in [0.25, 0.3) is 0 Å². The molecule has 3 rings (SSSR count). The maximum absolute atomic E-state index is 12.1. The highest BCUT2D eigenvalue weighted by Gasteiger charge is 2.44. The van der Waals surface area contributed by atoms with Crippen molar-refractivity contribution in [1.82, 2.24) is 15.6 Å². The van der Waals surface area contributed by atoms with Gasteiger partial charge in [-0.05, 0) is 44.0 Å². The van der Waals surface area contributed by atoms with Gasteiger partial charge in [0.25, 0.3) is 0 Å². The Morgan fingerprint density at radius 3 is 2.63 bits per heavy atom. The first-order valence-electron chi connectivity index (χ1n) is 6.22. The van der Waals surface area contributed by atoms with Crippen molar-refractivity contribution in [3.63, 3.8) is 0 Å². The average molecular weight is 304 g/mol. The molecule has 1 amide bonds. The van der Waals surface area contributed by atoms with E-state index in [1.165, 1.54) is 0 Å². The van der Waals surface area contributed by atoms with Gasteiger partial charge in [-0.2, -0.15) is 0 Å². The summed E-state index contributed by atoms with van der Waals surface area (Å²) in [6.45, 7) is 2.00. The molecule has 1 aromatic heterocycles. The first-order chi connectivity index (χ1) is 8.29.